The highest BCUT2D eigenvalue weighted by molar-refractivity contribution is 5.94. The summed E-state index contributed by atoms with van der Waals surface area (Å²) in [6, 6.07) is 14.9. The van der Waals surface area contributed by atoms with Gasteiger partial charge in [0.15, 0.2) is 11.5 Å². The largest absolute Gasteiger partial charge is 0.496 e. The molecule has 1 N–H and O–H groups in total. The molecule has 0 radical (unpaired) electrons. The van der Waals surface area contributed by atoms with E-state index >= 15 is 0 Å². The van der Waals surface area contributed by atoms with E-state index in [-0.39, 0.29) is 5.91 Å². The first-order chi connectivity index (χ1) is 14.6. The first-order valence-corrected chi connectivity index (χ1v) is 9.81. The first-order valence-electron chi connectivity index (χ1n) is 9.81. The lowest BCUT2D eigenvalue weighted by Gasteiger charge is -2.14. The molecule has 0 bridgehead atoms. The summed E-state index contributed by atoms with van der Waals surface area (Å²) in [7, 11) is 1.64. The van der Waals surface area contributed by atoms with Crippen molar-refractivity contribution in [2.24, 2.45) is 0 Å². The van der Waals surface area contributed by atoms with Crippen molar-refractivity contribution < 1.29 is 19.0 Å². The Bertz CT molecular complexity index is 990. The second kappa shape index (κ2) is 10.3. The number of hydrogen-bond acceptors (Lipinski definition) is 5. The molecule has 0 saturated carbocycles. The first kappa shape index (κ1) is 21.2. The zero-order valence-corrected chi connectivity index (χ0v) is 17.5. The number of carbonyl (C=O) groups is 1. The number of aryl methyl sites for hydroxylation is 1. The summed E-state index contributed by atoms with van der Waals surface area (Å²) in [6.07, 6.45) is 3.47. The number of ether oxygens (including phenoxy) is 3. The van der Waals surface area contributed by atoms with Gasteiger partial charge in [-0.1, -0.05) is 18.2 Å². The normalized spacial score (nSPS) is 10.4. The van der Waals surface area contributed by atoms with E-state index in [1.54, 1.807) is 37.7 Å². The molecule has 0 atom stereocenters. The molecule has 1 amide bonds. The molecule has 3 rings (SSSR count). The number of nitrogens with one attached hydrogen (secondary N) is 1. The highest BCUT2D eigenvalue weighted by Gasteiger charge is 2.12. The third-order valence-electron chi connectivity index (χ3n) is 4.55. The smallest absolute Gasteiger partial charge is 0.251 e. The number of nitrogens with zero attached hydrogens (tertiary/aromatic N) is 1. The molecule has 3 aromatic rings. The van der Waals surface area contributed by atoms with Gasteiger partial charge in [-0.15, -0.1) is 0 Å². The standard InChI is InChI=1S/C24H26N2O4/c1-4-29-23-13-20(9-10-21(23)30-16-19-6-5-11-25-14-19)24(27)26-15-18-8-7-17(2)22(12-18)28-3/h5-14H,4,15-16H2,1-3H3,(H,26,27). The van der Waals surface area contributed by atoms with Gasteiger partial charge in [0.05, 0.1) is 13.7 Å². The van der Waals surface area contributed by atoms with Crippen LogP contribution in [-0.4, -0.2) is 24.6 Å². The van der Waals surface area contributed by atoms with Crippen molar-refractivity contribution in [1.29, 1.82) is 0 Å². The van der Waals surface area contributed by atoms with Crippen LogP contribution in [0.4, 0.5) is 0 Å². The number of amides is 1. The van der Waals surface area contributed by atoms with Gasteiger partial charge in [-0.25, -0.2) is 0 Å². The fourth-order valence-electron chi connectivity index (χ4n) is 2.94. The van der Waals surface area contributed by atoms with Crippen LogP contribution in [0.1, 0.15) is 34.0 Å². The van der Waals surface area contributed by atoms with Gasteiger partial charge in [0.25, 0.3) is 5.91 Å². The van der Waals surface area contributed by atoms with Gasteiger partial charge in [0.1, 0.15) is 12.4 Å². The molecule has 6 heteroatoms. The molecule has 0 aliphatic heterocycles. The Labute approximate surface area is 176 Å². The summed E-state index contributed by atoms with van der Waals surface area (Å²) in [5, 5.41) is 2.93. The van der Waals surface area contributed by atoms with Crippen molar-refractivity contribution in [3.63, 3.8) is 0 Å². The summed E-state index contributed by atoms with van der Waals surface area (Å²) in [5.41, 5.74) is 3.48. The maximum absolute atomic E-state index is 12.6. The number of rotatable bonds is 9. The van der Waals surface area contributed by atoms with Gasteiger partial charge in [0.2, 0.25) is 0 Å². The fourth-order valence-corrected chi connectivity index (χ4v) is 2.94. The Hall–Kier alpha value is -3.54. The molecule has 156 valence electrons. The molecule has 30 heavy (non-hydrogen) atoms. The maximum Gasteiger partial charge on any atom is 0.251 e. The number of carbonyl (C=O) groups excluding carboxylic acids is 1. The van der Waals surface area contributed by atoms with E-state index in [0.29, 0.717) is 36.8 Å². The molecule has 0 unspecified atom stereocenters. The summed E-state index contributed by atoms with van der Waals surface area (Å²) in [4.78, 5) is 16.7. The van der Waals surface area contributed by atoms with Crippen LogP contribution in [0.3, 0.4) is 0 Å². The molecule has 1 aromatic heterocycles. The minimum absolute atomic E-state index is 0.186. The number of aromatic nitrogens is 1. The lowest BCUT2D eigenvalue weighted by atomic mass is 10.1. The third kappa shape index (κ3) is 5.50. The van der Waals surface area contributed by atoms with Gasteiger partial charge in [-0.05, 0) is 55.3 Å². The Kier molecular flexibility index (Phi) is 7.27. The molecular formula is C24H26N2O4. The van der Waals surface area contributed by atoms with Crippen LogP contribution in [0.2, 0.25) is 0 Å². The van der Waals surface area contributed by atoms with Crippen LogP contribution in [0.15, 0.2) is 60.9 Å². The van der Waals surface area contributed by atoms with Crippen LogP contribution in [0.25, 0.3) is 0 Å². The van der Waals surface area contributed by atoms with E-state index < -0.39 is 0 Å². The number of hydrogen-bond donors (Lipinski definition) is 1. The van der Waals surface area contributed by atoms with E-state index in [4.69, 9.17) is 14.2 Å². The quantitative estimate of drug-likeness (QED) is 0.574. The van der Waals surface area contributed by atoms with Crippen LogP contribution < -0.4 is 19.5 Å². The van der Waals surface area contributed by atoms with Crippen LogP contribution >= 0.6 is 0 Å². The average molecular weight is 406 g/mol. The van der Waals surface area contributed by atoms with Crippen LogP contribution in [0, 0.1) is 6.92 Å². The molecule has 0 fully saturated rings. The van der Waals surface area contributed by atoms with E-state index in [1.807, 2.05) is 44.2 Å². The highest BCUT2D eigenvalue weighted by Crippen LogP contribution is 2.29. The lowest BCUT2D eigenvalue weighted by Crippen LogP contribution is -2.22. The molecule has 0 aliphatic carbocycles. The van der Waals surface area contributed by atoms with Gasteiger partial charge in [0, 0.05) is 30.1 Å². The Morgan fingerprint density at radius 3 is 2.60 bits per heavy atom. The SMILES string of the molecule is CCOc1cc(C(=O)NCc2ccc(C)c(OC)c2)ccc1OCc1cccnc1. The van der Waals surface area contributed by atoms with Gasteiger partial charge in [-0.2, -0.15) is 0 Å². The van der Waals surface area contributed by atoms with Crippen molar-refractivity contribution in [3.8, 4) is 17.2 Å². The highest BCUT2D eigenvalue weighted by atomic mass is 16.5. The summed E-state index contributed by atoms with van der Waals surface area (Å²) in [6.45, 7) is 5.11. The van der Waals surface area contributed by atoms with Gasteiger partial charge in [-0.3, -0.25) is 9.78 Å². The van der Waals surface area contributed by atoms with Crippen molar-refractivity contribution in [3.05, 3.63) is 83.2 Å². The number of benzene rings is 2. The van der Waals surface area contributed by atoms with E-state index in [1.165, 1.54) is 0 Å². The minimum atomic E-state index is -0.186. The van der Waals surface area contributed by atoms with Crippen LogP contribution in [-0.2, 0) is 13.2 Å². The topological polar surface area (TPSA) is 69.7 Å². The Morgan fingerprint density at radius 2 is 1.87 bits per heavy atom. The minimum Gasteiger partial charge on any atom is -0.496 e. The molecule has 6 nitrogen and oxygen atoms in total. The second-order valence-corrected chi connectivity index (χ2v) is 6.73. The van der Waals surface area contributed by atoms with E-state index in [2.05, 4.69) is 10.3 Å². The molecular weight excluding hydrogens is 380 g/mol. The molecule has 0 saturated heterocycles. The predicted molar refractivity (Wildman–Crippen MR) is 115 cm³/mol. The maximum atomic E-state index is 12.6. The van der Waals surface area contributed by atoms with Crippen molar-refractivity contribution in [2.45, 2.75) is 27.0 Å². The van der Waals surface area contributed by atoms with Gasteiger partial charge >= 0.3 is 0 Å². The van der Waals surface area contributed by atoms with E-state index in [9.17, 15) is 4.79 Å². The molecule has 2 aromatic carbocycles. The summed E-state index contributed by atoms with van der Waals surface area (Å²) < 4.78 is 16.9. The fraction of sp³-hybridized carbons (Fsp3) is 0.250. The monoisotopic (exact) mass is 406 g/mol. The summed E-state index contributed by atoms with van der Waals surface area (Å²) >= 11 is 0. The van der Waals surface area contributed by atoms with Crippen molar-refractivity contribution in [2.75, 3.05) is 13.7 Å². The second-order valence-electron chi connectivity index (χ2n) is 6.73. The summed E-state index contributed by atoms with van der Waals surface area (Å²) in [5.74, 6) is 1.73. The zero-order chi connectivity index (χ0) is 21.3. The lowest BCUT2D eigenvalue weighted by molar-refractivity contribution is 0.0950. The van der Waals surface area contributed by atoms with Crippen molar-refractivity contribution in [1.82, 2.24) is 10.3 Å². The molecule has 0 spiro atoms. The number of pyridine rings is 1. The molecule has 0 aliphatic rings. The van der Waals surface area contributed by atoms with Crippen LogP contribution in [0.5, 0.6) is 17.2 Å². The average Bonchev–Trinajstić information content (AvgIpc) is 2.78. The van der Waals surface area contributed by atoms with Crippen molar-refractivity contribution >= 4 is 5.91 Å². The zero-order valence-electron chi connectivity index (χ0n) is 17.5. The van der Waals surface area contributed by atoms with Gasteiger partial charge < -0.3 is 19.5 Å². The predicted octanol–water partition coefficient (Wildman–Crippen LogP) is 4.31. The third-order valence-corrected chi connectivity index (χ3v) is 4.55. The Morgan fingerprint density at radius 1 is 1.00 bits per heavy atom. The molecule has 1 heterocycles. The van der Waals surface area contributed by atoms with E-state index in [0.717, 1.165) is 22.4 Å². The number of methoxy groups -OCH3 is 1. The Balaban J connectivity index is 1.67.